The fraction of sp³-hybridized carbons (Fsp3) is 0.0714. The highest BCUT2D eigenvalue weighted by Crippen LogP contribution is 2.26. The summed E-state index contributed by atoms with van der Waals surface area (Å²) in [5.41, 5.74) is 0.846. The molecule has 0 aliphatic rings. The van der Waals surface area contributed by atoms with Crippen LogP contribution < -0.4 is 5.32 Å². The molecule has 2 aromatic rings. The van der Waals surface area contributed by atoms with Crippen molar-refractivity contribution >= 4 is 23.0 Å². The van der Waals surface area contributed by atoms with Crippen molar-refractivity contribution < 1.29 is 9.31 Å². The number of nitrogens with one attached hydrogen (secondary N) is 1. The normalized spacial score (nSPS) is 9.95. The third-order valence-electron chi connectivity index (χ3n) is 2.79. The first kappa shape index (κ1) is 14.8. The molecule has 0 spiro atoms. The number of nitrogens with zero attached hydrogens (tertiary/aromatic N) is 2. The summed E-state index contributed by atoms with van der Waals surface area (Å²) in [5, 5.41) is 22.6. The van der Waals surface area contributed by atoms with Crippen LogP contribution in [0, 0.1) is 27.3 Å². The van der Waals surface area contributed by atoms with E-state index in [1.54, 1.807) is 6.07 Å². The number of nitro benzene ring substituents is 1. The Hall–Kier alpha value is -2.65. The maximum Gasteiger partial charge on any atom is 0.293 e. The number of benzene rings is 2. The first-order valence-corrected chi connectivity index (χ1v) is 6.25. The molecule has 106 valence electrons. The number of rotatable bonds is 4. The van der Waals surface area contributed by atoms with Gasteiger partial charge in [-0.05, 0) is 29.8 Å². The second-order valence-corrected chi connectivity index (χ2v) is 4.61. The van der Waals surface area contributed by atoms with E-state index in [0.717, 1.165) is 0 Å². The van der Waals surface area contributed by atoms with Gasteiger partial charge in [0.25, 0.3) is 5.69 Å². The summed E-state index contributed by atoms with van der Waals surface area (Å²) in [6.45, 7) is 0.195. The zero-order valence-electron chi connectivity index (χ0n) is 10.6. The molecule has 0 heterocycles. The molecule has 21 heavy (non-hydrogen) atoms. The lowest BCUT2D eigenvalue weighted by molar-refractivity contribution is -0.384. The molecule has 0 saturated heterocycles. The third kappa shape index (κ3) is 3.46. The van der Waals surface area contributed by atoms with Gasteiger partial charge in [-0.3, -0.25) is 10.1 Å². The van der Waals surface area contributed by atoms with Crippen LogP contribution in [0.2, 0.25) is 5.02 Å². The first-order chi connectivity index (χ1) is 10.0. The Morgan fingerprint density at radius 2 is 2.10 bits per heavy atom. The van der Waals surface area contributed by atoms with Crippen molar-refractivity contribution in [3.8, 4) is 6.07 Å². The molecule has 1 N–H and O–H groups in total. The maximum atomic E-state index is 13.3. The summed E-state index contributed by atoms with van der Waals surface area (Å²) in [6.07, 6.45) is 0. The van der Waals surface area contributed by atoms with Crippen LogP contribution in [0.3, 0.4) is 0 Å². The average molecular weight is 306 g/mol. The van der Waals surface area contributed by atoms with Crippen LogP contribution >= 0.6 is 11.6 Å². The smallest absolute Gasteiger partial charge is 0.293 e. The highest BCUT2D eigenvalue weighted by molar-refractivity contribution is 6.30. The van der Waals surface area contributed by atoms with Crippen LogP contribution in [0.15, 0.2) is 36.4 Å². The number of hydrogen-bond acceptors (Lipinski definition) is 4. The summed E-state index contributed by atoms with van der Waals surface area (Å²) >= 11 is 5.58. The Balaban J connectivity index is 2.21. The molecule has 0 fully saturated rings. The molecule has 0 unspecified atom stereocenters. The molecule has 0 radical (unpaired) electrons. The van der Waals surface area contributed by atoms with Gasteiger partial charge < -0.3 is 5.32 Å². The van der Waals surface area contributed by atoms with Crippen molar-refractivity contribution in [1.82, 2.24) is 0 Å². The van der Waals surface area contributed by atoms with E-state index in [4.69, 9.17) is 16.9 Å². The van der Waals surface area contributed by atoms with Crippen LogP contribution in [0.1, 0.15) is 11.1 Å². The minimum Gasteiger partial charge on any atom is -0.375 e. The fourth-order valence-corrected chi connectivity index (χ4v) is 1.87. The minimum atomic E-state index is -0.578. The van der Waals surface area contributed by atoms with E-state index in [2.05, 4.69) is 5.32 Å². The largest absolute Gasteiger partial charge is 0.375 e. The van der Waals surface area contributed by atoms with E-state index in [1.807, 2.05) is 6.07 Å². The van der Waals surface area contributed by atoms with Gasteiger partial charge in [-0.15, -0.1) is 0 Å². The Kier molecular flexibility index (Phi) is 4.36. The molecule has 0 aromatic heterocycles. The Morgan fingerprint density at radius 1 is 1.33 bits per heavy atom. The Labute approximate surface area is 124 Å². The zero-order chi connectivity index (χ0) is 15.4. The topological polar surface area (TPSA) is 79.0 Å². The molecule has 0 aliphatic heterocycles. The van der Waals surface area contributed by atoms with Crippen LogP contribution in [0.5, 0.6) is 0 Å². The molecule has 2 rings (SSSR count). The first-order valence-electron chi connectivity index (χ1n) is 5.87. The van der Waals surface area contributed by atoms with Crippen LogP contribution in [0.4, 0.5) is 15.8 Å². The molecule has 0 atom stereocenters. The van der Waals surface area contributed by atoms with E-state index in [1.165, 1.54) is 30.3 Å². The number of nitriles is 1. The second-order valence-electron chi connectivity index (χ2n) is 4.20. The number of nitro groups is 1. The van der Waals surface area contributed by atoms with Gasteiger partial charge in [0.2, 0.25) is 0 Å². The van der Waals surface area contributed by atoms with E-state index in [0.29, 0.717) is 5.56 Å². The van der Waals surface area contributed by atoms with Gasteiger partial charge >= 0.3 is 0 Å². The molecule has 0 aliphatic carbocycles. The predicted molar refractivity (Wildman–Crippen MR) is 76.5 cm³/mol. The summed E-state index contributed by atoms with van der Waals surface area (Å²) in [7, 11) is 0. The van der Waals surface area contributed by atoms with E-state index < -0.39 is 10.7 Å². The average Bonchev–Trinajstić information content (AvgIpc) is 2.48. The fourth-order valence-electron chi connectivity index (χ4n) is 1.75. The lowest BCUT2D eigenvalue weighted by atomic mass is 10.1. The highest BCUT2D eigenvalue weighted by atomic mass is 35.5. The van der Waals surface area contributed by atoms with Gasteiger partial charge in [0.1, 0.15) is 11.5 Å². The van der Waals surface area contributed by atoms with Gasteiger partial charge in [-0.1, -0.05) is 17.7 Å². The van der Waals surface area contributed by atoms with Gasteiger partial charge in [0.15, 0.2) is 0 Å². The molecule has 0 bridgehead atoms. The molecule has 0 amide bonds. The summed E-state index contributed by atoms with van der Waals surface area (Å²) in [4.78, 5) is 10.4. The van der Waals surface area contributed by atoms with Crippen molar-refractivity contribution in [2.24, 2.45) is 0 Å². The summed E-state index contributed by atoms with van der Waals surface area (Å²) < 4.78 is 13.3. The SMILES string of the molecule is N#Cc1ccc(NCc2ccc(Cl)c(F)c2)c([N+](=O)[O-])c1. The van der Waals surface area contributed by atoms with Crippen LogP contribution in [0.25, 0.3) is 0 Å². The monoisotopic (exact) mass is 305 g/mol. The van der Waals surface area contributed by atoms with Crippen molar-refractivity contribution in [3.05, 3.63) is 68.5 Å². The number of halogens is 2. The van der Waals surface area contributed by atoms with E-state index in [-0.39, 0.29) is 28.5 Å². The predicted octanol–water partition coefficient (Wildman–Crippen LogP) is 3.87. The Bertz CT molecular complexity index is 743. The van der Waals surface area contributed by atoms with Crippen molar-refractivity contribution in [3.63, 3.8) is 0 Å². The standard InChI is InChI=1S/C14H9ClFN3O2/c15-11-3-1-10(5-12(11)16)8-18-13-4-2-9(7-17)6-14(13)19(20)21/h1-6,18H,8H2. The second kappa shape index (κ2) is 6.20. The molecule has 5 nitrogen and oxygen atoms in total. The summed E-state index contributed by atoms with van der Waals surface area (Å²) in [5.74, 6) is -0.551. The molecule has 2 aromatic carbocycles. The van der Waals surface area contributed by atoms with Crippen molar-refractivity contribution in [2.45, 2.75) is 6.54 Å². The lowest BCUT2D eigenvalue weighted by Crippen LogP contribution is -2.03. The zero-order valence-corrected chi connectivity index (χ0v) is 11.4. The quantitative estimate of drug-likeness (QED) is 0.687. The lowest BCUT2D eigenvalue weighted by Gasteiger charge is -2.08. The molecule has 7 heteroatoms. The van der Waals surface area contributed by atoms with Gasteiger partial charge in [0.05, 0.1) is 21.6 Å². The molecular formula is C14H9ClFN3O2. The van der Waals surface area contributed by atoms with Crippen molar-refractivity contribution in [1.29, 1.82) is 5.26 Å². The third-order valence-corrected chi connectivity index (χ3v) is 3.10. The van der Waals surface area contributed by atoms with E-state index >= 15 is 0 Å². The van der Waals surface area contributed by atoms with Gasteiger partial charge in [-0.2, -0.15) is 5.26 Å². The molecular weight excluding hydrogens is 297 g/mol. The number of anilines is 1. The van der Waals surface area contributed by atoms with Crippen LogP contribution in [-0.4, -0.2) is 4.92 Å². The van der Waals surface area contributed by atoms with Gasteiger partial charge in [0, 0.05) is 12.6 Å². The highest BCUT2D eigenvalue weighted by Gasteiger charge is 2.14. The number of hydrogen-bond donors (Lipinski definition) is 1. The molecule has 0 saturated carbocycles. The summed E-state index contributed by atoms with van der Waals surface area (Å²) in [6, 6.07) is 10.2. The van der Waals surface area contributed by atoms with Gasteiger partial charge in [-0.25, -0.2) is 4.39 Å². The van der Waals surface area contributed by atoms with Crippen molar-refractivity contribution in [2.75, 3.05) is 5.32 Å². The minimum absolute atomic E-state index is 0.0168. The Morgan fingerprint density at radius 3 is 2.71 bits per heavy atom. The van der Waals surface area contributed by atoms with E-state index in [9.17, 15) is 14.5 Å². The maximum absolute atomic E-state index is 13.3. The van der Waals surface area contributed by atoms with Crippen LogP contribution in [-0.2, 0) is 6.54 Å².